The molecule has 2 atom stereocenters. The number of nitrogens with zero attached hydrogens (tertiary/aromatic N) is 3. The summed E-state index contributed by atoms with van der Waals surface area (Å²) in [6.07, 6.45) is 0. The van der Waals surface area contributed by atoms with E-state index in [0.717, 1.165) is 25.2 Å². The Balaban J connectivity index is 2.17. The number of hydrogen-bond acceptors (Lipinski definition) is 4. The lowest BCUT2D eigenvalue weighted by molar-refractivity contribution is 0.0621. The van der Waals surface area contributed by atoms with E-state index in [2.05, 4.69) is 35.9 Å². The summed E-state index contributed by atoms with van der Waals surface area (Å²) in [5.41, 5.74) is 7.83. The van der Waals surface area contributed by atoms with Crippen LogP contribution >= 0.6 is 0 Å². The highest BCUT2D eigenvalue weighted by molar-refractivity contribution is 5.34. The summed E-state index contributed by atoms with van der Waals surface area (Å²) in [6.45, 7) is 5.98. The first kappa shape index (κ1) is 14.0. The van der Waals surface area contributed by atoms with Crippen molar-refractivity contribution in [3.63, 3.8) is 0 Å². The average molecular weight is 258 g/mol. The highest BCUT2D eigenvalue weighted by atomic mass is 15.3. The molecular weight excluding hydrogens is 236 g/mol. The first-order valence-electron chi connectivity index (χ1n) is 6.80. The van der Waals surface area contributed by atoms with Gasteiger partial charge in [-0.3, -0.25) is 4.90 Å². The monoisotopic (exact) mass is 258 g/mol. The maximum absolute atomic E-state index is 9.00. The quantitative estimate of drug-likeness (QED) is 0.885. The van der Waals surface area contributed by atoms with Crippen LogP contribution in [0.2, 0.25) is 0 Å². The topological polar surface area (TPSA) is 56.3 Å². The van der Waals surface area contributed by atoms with Crippen LogP contribution in [0.15, 0.2) is 24.3 Å². The minimum Gasteiger partial charge on any atom is -0.329 e. The van der Waals surface area contributed by atoms with Crippen molar-refractivity contribution in [2.24, 2.45) is 5.73 Å². The molecule has 2 N–H and O–H groups in total. The molecule has 0 bridgehead atoms. The van der Waals surface area contributed by atoms with E-state index < -0.39 is 0 Å². The van der Waals surface area contributed by atoms with Crippen molar-refractivity contribution in [1.82, 2.24) is 9.80 Å². The smallest absolute Gasteiger partial charge is 0.0991 e. The van der Waals surface area contributed by atoms with Crippen LogP contribution in [-0.2, 0) is 0 Å². The van der Waals surface area contributed by atoms with Crippen molar-refractivity contribution < 1.29 is 0 Å². The molecule has 1 fully saturated rings. The lowest BCUT2D eigenvalue weighted by Crippen LogP contribution is -2.55. The third kappa shape index (κ3) is 3.13. The minimum absolute atomic E-state index is 0.301. The lowest BCUT2D eigenvalue weighted by Gasteiger charge is -2.43. The van der Waals surface area contributed by atoms with Crippen LogP contribution < -0.4 is 5.73 Å². The fourth-order valence-corrected chi connectivity index (χ4v) is 2.80. The number of rotatable bonds is 3. The first-order chi connectivity index (χ1) is 9.15. The summed E-state index contributed by atoms with van der Waals surface area (Å²) >= 11 is 0. The van der Waals surface area contributed by atoms with Gasteiger partial charge in [-0.15, -0.1) is 0 Å². The molecule has 1 heterocycles. The van der Waals surface area contributed by atoms with Gasteiger partial charge < -0.3 is 10.6 Å². The summed E-state index contributed by atoms with van der Waals surface area (Å²) in [4.78, 5) is 4.78. The van der Waals surface area contributed by atoms with Crippen LogP contribution in [0.25, 0.3) is 0 Å². The van der Waals surface area contributed by atoms with Crippen LogP contribution in [0.3, 0.4) is 0 Å². The Hall–Kier alpha value is -1.41. The largest absolute Gasteiger partial charge is 0.329 e. The standard InChI is InChI=1S/C15H22N4/c1-12(14-5-3-4-13(8-14)9-16)19-7-6-18(2)11-15(19)10-17/h3-5,8,12,15H,6-7,10-11,17H2,1-2H3. The van der Waals surface area contributed by atoms with Crippen molar-refractivity contribution in [1.29, 1.82) is 5.26 Å². The molecule has 1 saturated heterocycles. The predicted octanol–water partition coefficient (Wildman–Crippen LogP) is 1.19. The molecule has 4 nitrogen and oxygen atoms in total. The Morgan fingerprint density at radius 1 is 1.47 bits per heavy atom. The van der Waals surface area contributed by atoms with Gasteiger partial charge in [-0.25, -0.2) is 0 Å². The van der Waals surface area contributed by atoms with Gasteiger partial charge in [-0.05, 0) is 31.7 Å². The van der Waals surface area contributed by atoms with Crippen LogP contribution in [0, 0.1) is 11.3 Å². The number of hydrogen-bond donors (Lipinski definition) is 1. The molecule has 0 amide bonds. The van der Waals surface area contributed by atoms with Crippen LogP contribution in [0.5, 0.6) is 0 Å². The zero-order valence-corrected chi connectivity index (χ0v) is 11.7. The zero-order valence-electron chi connectivity index (χ0n) is 11.7. The molecule has 0 spiro atoms. The molecule has 2 rings (SSSR count). The van der Waals surface area contributed by atoms with Crippen molar-refractivity contribution in [3.8, 4) is 6.07 Å². The molecule has 2 unspecified atom stereocenters. The Bertz CT molecular complexity index is 465. The Morgan fingerprint density at radius 3 is 2.95 bits per heavy atom. The van der Waals surface area contributed by atoms with E-state index in [0.29, 0.717) is 18.6 Å². The molecule has 0 aliphatic carbocycles. The molecule has 0 saturated carbocycles. The number of likely N-dealkylation sites (N-methyl/N-ethyl adjacent to an activating group) is 1. The van der Waals surface area contributed by atoms with Gasteiger partial charge in [0.15, 0.2) is 0 Å². The fourth-order valence-electron chi connectivity index (χ4n) is 2.80. The van der Waals surface area contributed by atoms with Crippen molar-refractivity contribution in [2.75, 3.05) is 33.2 Å². The SMILES string of the molecule is CC(c1cccc(C#N)c1)N1CCN(C)CC1CN. The molecule has 19 heavy (non-hydrogen) atoms. The lowest BCUT2D eigenvalue weighted by atomic mass is 10.0. The third-order valence-electron chi connectivity index (χ3n) is 4.00. The maximum Gasteiger partial charge on any atom is 0.0991 e. The fraction of sp³-hybridized carbons (Fsp3) is 0.533. The molecule has 0 radical (unpaired) electrons. The minimum atomic E-state index is 0.301. The molecule has 0 aromatic heterocycles. The Kier molecular flexibility index (Phi) is 4.54. The van der Waals surface area contributed by atoms with E-state index in [9.17, 15) is 0 Å². The first-order valence-corrected chi connectivity index (χ1v) is 6.80. The van der Waals surface area contributed by atoms with E-state index >= 15 is 0 Å². The van der Waals surface area contributed by atoms with Crippen molar-refractivity contribution in [3.05, 3.63) is 35.4 Å². The number of piperazine rings is 1. The van der Waals surface area contributed by atoms with Gasteiger partial charge in [0.25, 0.3) is 0 Å². The second-order valence-electron chi connectivity index (χ2n) is 5.30. The molecule has 4 heteroatoms. The Labute approximate surface area is 115 Å². The summed E-state index contributed by atoms with van der Waals surface area (Å²) in [6, 6.07) is 10.8. The predicted molar refractivity (Wildman–Crippen MR) is 76.6 cm³/mol. The van der Waals surface area contributed by atoms with E-state index in [4.69, 9.17) is 11.0 Å². The van der Waals surface area contributed by atoms with E-state index in [1.165, 1.54) is 5.56 Å². The highest BCUT2D eigenvalue weighted by Crippen LogP contribution is 2.25. The van der Waals surface area contributed by atoms with Gasteiger partial charge in [-0.2, -0.15) is 5.26 Å². The van der Waals surface area contributed by atoms with Gasteiger partial charge in [0, 0.05) is 38.3 Å². The molecule has 1 aromatic rings. The van der Waals surface area contributed by atoms with Crippen molar-refractivity contribution >= 4 is 0 Å². The van der Waals surface area contributed by atoms with Crippen molar-refractivity contribution in [2.45, 2.75) is 19.0 Å². The molecule has 1 aliphatic heterocycles. The number of nitriles is 1. The van der Waals surface area contributed by atoms with Crippen LogP contribution in [0.1, 0.15) is 24.1 Å². The van der Waals surface area contributed by atoms with Gasteiger partial charge in [0.2, 0.25) is 0 Å². The van der Waals surface area contributed by atoms with E-state index in [1.807, 2.05) is 18.2 Å². The van der Waals surface area contributed by atoms with Gasteiger partial charge in [0.1, 0.15) is 0 Å². The number of benzene rings is 1. The summed E-state index contributed by atoms with van der Waals surface area (Å²) in [5, 5.41) is 9.00. The highest BCUT2D eigenvalue weighted by Gasteiger charge is 2.28. The summed E-state index contributed by atoms with van der Waals surface area (Å²) in [5.74, 6) is 0. The summed E-state index contributed by atoms with van der Waals surface area (Å²) < 4.78 is 0. The average Bonchev–Trinajstić information content (AvgIpc) is 2.46. The second kappa shape index (κ2) is 6.16. The molecular formula is C15H22N4. The summed E-state index contributed by atoms with van der Waals surface area (Å²) in [7, 11) is 2.14. The maximum atomic E-state index is 9.00. The van der Waals surface area contributed by atoms with Crippen LogP contribution in [-0.4, -0.2) is 49.1 Å². The molecule has 102 valence electrons. The second-order valence-corrected chi connectivity index (χ2v) is 5.30. The normalized spacial score (nSPS) is 22.9. The van der Waals surface area contributed by atoms with E-state index in [-0.39, 0.29) is 0 Å². The zero-order chi connectivity index (χ0) is 13.8. The van der Waals surface area contributed by atoms with E-state index in [1.54, 1.807) is 0 Å². The van der Waals surface area contributed by atoms with Gasteiger partial charge in [-0.1, -0.05) is 12.1 Å². The van der Waals surface area contributed by atoms with Gasteiger partial charge >= 0.3 is 0 Å². The molecule has 1 aromatic carbocycles. The van der Waals surface area contributed by atoms with Crippen LogP contribution in [0.4, 0.5) is 0 Å². The molecule has 1 aliphatic rings. The Morgan fingerprint density at radius 2 is 2.26 bits per heavy atom. The van der Waals surface area contributed by atoms with Gasteiger partial charge in [0.05, 0.1) is 11.6 Å². The third-order valence-corrected chi connectivity index (χ3v) is 4.00. The number of nitrogens with two attached hydrogens (primary N) is 1.